The van der Waals surface area contributed by atoms with Crippen LogP contribution in [0.25, 0.3) is 26.6 Å². The molecule has 0 unspecified atom stereocenters. The van der Waals surface area contributed by atoms with Crippen molar-refractivity contribution in [2.45, 2.75) is 6.92 Å². The minimum absolute atomic E-state index is 0.152. The Bertz CT molecular complexity index is 1280. The van der Waals surface area contributed by atoms with E-state index in [0.717, 1.165) is 27.3 Å². The number of carboxylic acid groups (broad SMARTS) is 1. The van der Waals surface area contributed by atoms with Crippen LogP contribution in [0, 0.1) is 6.92 Å². The molecule has 0 bridgehead atoms. The van der Waals surface area contributed by atoms with E-state index in [9.17, 15) is 9.59 Å². The van der Waals surface area contributed by atoms with Gasteiger partial charge in [0.25, 0.3) is 0 Å². The van der Waals surface area contributed by atoms with Crippen LogP contribution < -0.4 is 4.74 Å². The Morgan fingerprint density at radius 1 is 0.968 bits per heavy atom. The van der Waals surface area contributed by atoms with Gasteiger partial charge in [-0.25, -0.2) is 4.79 Å². The largest absolute Gasteiger partial charge is 0.496 e. The van der Waals surface area contributed by atoms with Crippen LogP contribution in [0.4, 0.5) is 0 Å². The molecule has 0 atom stereocenters. The van der Waals surface area contributed by atoms with Crippen LogP contribution in [0.1, 0.15) is 31.8 Å². The van der Waals surface area contributed by atoms with Gasteiger partial charge in [0, 0.05) is 20.7 Å². The molecule has 5 heteroatoms. The van der Waals surface area contributed by atoms with Gasteiger partial charge in [-0.05, 0) is 65.9 Å². The maximum atomic E-state index is 12.5. The highest BCUT2D eigenvalue weighted by Crippen LogP contribution is 2.39. The van der Waals surface area contributed by atoms with Crippen molar-refractivity contribution >= 4 is 39.3 Å². The lowest BCUT2D eigenvalue weighted by Crippen LogP contribution is -1.99. The van der Waals surface area contributed by atoms with Crippen LogP contribution in [0.5, 0.6) is 5.75 Å². The van der Waals surface area contributed by atoms with Gasteiger partial charge in [-0.3, -0.25) is 4.79 Å². The lowest BCUT2D eigenvalue weighted by atomic mass is 10.0. The Morgan fingerprint density at radius 2 is 1.68 bits per heavy atom. The fraction of sp³-hybridized carbons (Fsp3) is 0.0769. The number of carbonyl (C=O) groups is 2. The normalized spacial score (nSPS) is 11.2. The summed E-state index contributed by atoms with van der Waals surface area (Å²) in [6.45, 7) is 1.98. The quantitative estimate of drug-likeness (QED) is 0.282. The number of allylic oxidation sites excluding steroid dienone is 1. The molecule has 0 amide bonds. The van der Waals surface area contributed by atoms with E-state index in [-0.39, 0.29) is 11.3 Å². The first-order valence-corrected chi connectivity index (χ1v) is 10.5. The molecule has 31 heavy (non-hydrogen) atoms. The number of hydrogen-bond acceptors (Lipinski definition) is 4. The Hall–Kier alpha value is -3.70. The summed E-state index contributed by atoms with van der Waals surface area (Å²) in [5.41, 5.74) is 3.49. The molecule has 3 aromatic carbocycles. The predicted octanol–water partition coefficient (Wildman–Crippen LogP) is 6.48. The predicted molar refractivity (Wildman–Crippen MR) is 125 cm³/mol. The SMILES string of the molecule is COc1cc(C)c(/C=C\C(=O)c2ccc(C(=O)O)cc2)cc1-c1cc2ccccc2s1. The number of carbonyl (C=O) groups excluding carboxylic acids is 1. The lowest BCUT2D eigenvalue weighted by Gasteiger charge is -2.11. The number of ether oxygens (including phenoxy) is 1. The van der Waals surface area contributed by atoms with E-state index >= 15 is 0 Å². The first kappa shape index (κ1) is 20.6. The summed E-state index contributed by atoms with van der Waals surface area (Å²) in [5, 5.41) is 10.2. The standard InChI is InChI=1S/C26H20O4S/c1-16-13-23(30-2)21(25-15-20-5-3-4-6-24(20)31-25)14-19(16)11-12-22(27)17-7-9-18(10-8-17)26(28)29/h3-15H,1-2H3,(H,28,29)/b12-11-. The van der Waals surface area contributed by atoms with Crippen LogP contribution in [-0.2, 0) is 0 Å². The van der Waals surface area contributed by atoms with E-state index in [1.165, 1.54) is 40.4 Å². The molecule has 0 aliphatic carbocycles. The molecule has 4 rings (SSSR count). The average molecular weight is 429 g/mol. The van der Waals surface area contributed by atoms with Crippen LogP contribution >= 0.6 is 11.3 Å². The Labute approximate surface area is 184 Å². The number of rotatable bonds is 6. The summed E-state index contributed by atoms with van der Waals surface area (Å²) < 4.78 is 6.83. The van der Waals surface area contributed by atoms with Crippen molar-refractivity contribution in [2.24, 2.45) is 0 Å². The van der Waals surface area contributed by atoms with Crippen LogP contribution in [0.3, 0.4) is 0 Å². The number of aromatic carboxylic acids is 1. The van der Waals surface area contributed by atoms with Crippen LogP contribution in [-0.4, -0.2) is 24.0 Å². The van der Waals surface area contributed by atoms with Crippen molar-refractivity contribution in [3.8, 4) is 16.2 Å². The number of ketones is 1. The highest BCUT2D eigenvalue weighted by Gasteiger charge is 2.13. The fourth-order valence-electron chi connectivity index (χ4n) is 3.39. The van der Waals surface area contributed by atoms with Gasteiger partial charge in [-0.1, -0.05) is 36.4 Å². The van der Waals surface area contributed by atoms with Crippen molar-refractivity contribution in [2.75, 3.05) is 7.11 Å². The third-order valence-corrected chi connectivity index (χ3v) is 6.26. The Morgan fingerprint density at radius 3 is 2.35 bits per heavy atom. The third kappa shape index (κ3) is 4.27. The monoisotopic (exact) mass is 428 g/mol. The van der Waals surface area contributed by atoms with Crippen molar-refractivity contribution in [3.05, 3.63) is 95.1 Å². The minimum Gasteiger partial charge on any atom is -0.496 e. The number of hydrogen-bond donors (Lipinski definition) is 1. The lowest BCUT2D eigenvalue weighted by molar-refractivity contribution is 0.0696. The molecule has 0 fully saturated rings. The van der Waals surface area contributed by atoms with Crippen molar-refractivity contribution in [1.82, 2.24) is 0 Å². The molecule has 1 heterocycles. The first-order valence-electron chi connectivity index (χ1n) is 9.69. The zero-order chi connectivity index (χ0) is 22.0. The Kier molecular flexibility index (Phi) is 5.69. The number of fused-ring (bicyclic) bond motifs is 1. The van der Waals surface area contributed by atoms with Gasteiger partial charge >= 0.3 is 5.97 Å². The van der Waals surface area contributed by atoms with Gasteiger partial charge < -0.3 is 9.84 Å². The molecule has 0 spiro atoms. The van der Waals surface area contributed by atoms with Gasteiger partial charge in [-0.15, -0.1) is 11.3 Å². The van der Waals surface area contributed by atoms with Gasteiger partial charge in [0.15, 0.2) is 5.78 Å². The summed E-state index contributed by atoms with van der Waals surface area (Å²) in [5.74, 6) is -0.412. The van der Waals surface area contributed by atoms with Gasteiger partial charge in [-0.2, -0.15) is 0 Å². The second-order valence-electron chi connectivity index (χ2n) is 7.14. The fourth-order valence-corrected chi connectivity index (χ4v) is 4.48. The zero-order valence-corrected chi connectivity index (χ0v) is 17.9. The first-order chi connectivity index (χ1) is 15.0. The molecule has 4 nitrogen and oxygen atoms in total. The number of aryl methyl sites for hydroxylation is 1. The molecule has 1 N–H and O–H groups in total. The maximum Gasteiger partial charge on any atom is 0.335 e. The minimum atomic E-state index is -1.02. The molecule has 0 aliphatic heterocycles. The smallest absolute Gasteiger partial charge is 0.335 e. The van der Waals surface area contributed by atoms with Crippen LogP contribution in [0.15, 0.2) is 72.8 Å². The molecule has 4 aromatic rings. The molecule has 1 aromatic heterocycles. The van der Waals surface area contributed by atoms with Gasteiger partial charge in [0.1, 0.15) is 5.75 Å². The zero-order valence-electron chi connectivity index (χ0n) is 17.1. The second kappa shape index (κ2) is 8.58. The van der Waals surface area contributed by atoms with E-state index in [4.69, 9.17) is 9.84 Å². The summed E-state index contributed by atoms with van der Waals surface area (Å²) in [6, 6.07) is 20.3. The van der Waals surface area contributed by atoms with E-state index < -0.39 is 5.97 Å². The molecule has 0 saturated heterocycles. The topological polar surface area (TPSA) is 63.6 Å². The average Bonchev–Trinajstić information content (AvgIpc) is 3.22. The number of carboxylic acids is 1. The van der Waals surface area contributed by atoms with Crippen molar-refractivity contribution in [3.63, 3.8) is 0 Å². The molecule has 0 aliphatic rings. The molecule has 154 valence electrons. The highest BCUT2D eigenvalue weighted by atomic mass is 32.1. The summed E-state index contributed by atoms with van der Waals surface area (Å²) in [4.78, 5) is 24.6. The summed E-state index contributed by atoms with van der Waals surface area (Å²) in [6.07, 6.45) is 3.30. The molecule has 0 saturated carbocycles. The number of benzene rings is 3. The third-order valence-electron chi connectivity index (χ3n) is 5.11. The van der Waals surface area contributed by atoms with Crippen LogP contribution in [0.2, 0.25) is 0 Å². The maximum absolute atomic E-state index is 12.5. The summed E-state index contributed by atoms with van der Waals surface area (Å²) >= 11 is 1.70. The van der Waals surface area contributed by atoms with Crippen molar-refractivity contribution in [1.29, 1.82) is 0 Å². The van der Waals surface area contributed by atoms with E-state index in [2.05, 4.69) is 18.2 Å². The Balaban J connectivity index is 1.67. The second-order valence-corrected chi connectivity index (χ2v) is 8.22. The van der Waals surface area contributed by atoms with E-state index in [1.54, 1.807) is 24.5 Å². The van der Waals surface area contributed by atoms with E-state index in [0.29, 0.717) is 5.56 Å². The van der Waals surface area contributed by atoms with Gasteiger partial charge in [0.05, 0.1) is 12.7 Å². The highest BCUT2D eigenvalue weighted by molar-refractivity contribution is 7.22. The van der Waals surface area contributed by atoms with Crippen molar-refractivity contribution < 1.29 is 19.4 Å². The molecule has 0 radical (unpaired) electrons. The summed E-state index contributed by atoms with van der Waals surface area (Å²) in [7, 11) is 1.66. The number of thiophene rings is 1. The number of methoxy groups -OCH3 is 1. The molecular weight excluding hydrogens is 408 g/mol. The van der Waals surface area contributed by atoms with E-state index in [1.807, 2.05) is 31.2 Å². The molecular formula is C26H20O4S. The van der Waals surface area contributed by atoms with Gasteiger partial charge in [0.2, 0.25) is 0 Å².